The number of hydrogen-bond acceptors (Lipinski definition) is 3. The molecular formula is C13H15F3N2O2. The van der Waals surface area contributed by atoms with Crippen LogP contribution in [0.25, 0.3) is 0 Å². The SMILES string of the molecule is CCNC1C(=O)Nc2cc(OCCC(F)(F)F)ccc21. The van der Waals surface area contributed by atoms with E-state index < -0.39 is 25.2 Å². The maximum atomic E-state index is 12.0. The summed E-state index contributed by atoms with van der Waals surface area (Å²) in [7, 11) is 0. The summed E-state index contributed by atoms with van der Waals surface area (Å²) in [4.78, 5) is 11.7. The molecule has 0 saturated heterocycles. The molecule has 1 unspecified atom stereocenters. The van der Waals surface area contributed by atoms with Crippen molar-refractivity contribution in [2.75, 3.05) is 18.5 Å². The van der Waals surface area contributed by atoms with Crippen LogP contribution >= 0.6 is 0 Å². The van der Waals surface area contributed by atoms with Gasteiger partial charge in [0.25, 0.3) is 0 Å². The summed E-state index contributed by atoms with van der Waals surface area (Å²) >= 11 is 0. The summed E-state index contributed by atoms with van der Waals surface area (Å²) in [6.45, 7) is 2.09. The summed E-state index contributed by atoms with van der Waals surface area (Å²) in [5.74, 6) is 0.139. The third-order valence-electron chi connectivity index (χ3n) is 2.92. The van der Waals surface area contributed by atoms with Gasteiger partial charge in [-0.25, -0.2) is 0 Å². The van der Waals surface area contributed by atoms with Crippen LogP contribution in [0.4, 0.5) is 18.9 Å². The quantitative estimate of drug-likeness (QED) is 0.875. The topological polar surface area (TPSA) is 50.4 Å². The molecule has 0 fully saturated rings. The molecule has 0 bridgehead atoms. The average molecular weight is 288 g/mol. The molecule has 4 nitrogen and oxygen atoms in total. The number of halogens is 3. The highest BCUT2D eigenvalue weighted by Gasteiger charge is 2.30. The molecule has 0 aliphatic carbocycles. The van der Waals surface area contributed by atoms with Crippen molar-refractivity contribution in [3.05, 3.63) is 23.8 Å². The minimum Gasteiger partial charge on any atom is -0.493 e. The van der Waals surface area contributed by atoms with Crippen LogP contribution in [0.1, 0.15) is 24.9 Å². The molecule has 1 amide bonds. The van der Waals surface area contributed by atoms with E-state index >= 15 is 0 Å². The number of carbonyl (C=O) groups is 1. The number of ether oxygens (including phenoxy) is 1. The number of anilines is 1. The highest BCUT2D eigenvalue weighted by molar-refractivity contribution is 6.02. The van der Waals surface area contributed by atoms with Gasteiger partial charge in [-0.05, 0) is 12.6 Å². The maximum absolute atomic E-state index is 12.0. The molecular weight excluding hydrogens is 273 g/mol. The second-order valence-corrected chi connectivity index (χ2v) is 4.44. The first-order valence-corrected chi connectivity index (χ1v) is 6.28. The van der Waals surface area contributed by atoms with Crippen molar-refractivity contribution in [1.82, 2.24) is 5.32 Å². The number of alkyl halides is 3. The lowest BCUT2D eigenvalue weighted by molar-refractivity contribution is -0.139. The molecule has 2 N–H and O–H groups in total. The van der Waals surface area contributed by atoms with Gasteiger partial charge in [-0.2, -0.15) is 13.2 Å². The number of benzene rings is 1. The Kier molecular flexibility index (Phi) is 4.17. The van der Waals surface area contributed by atoms with Crippen LogP contribution in [0.15, 0.2) is 18.2 Å². The number of nitrogens with one attached hydrogen (secondary N) is 2. The first kappa shape index (κ1) is 14.6. The highest BCUT2D eigenvalue weighted by atomic mass is 19.4. The van der Waals surface area contributed by atoms with Crippen LogP contribution in [0, 0.1) is 0 Å². The molecule has 0 saturated carbocycles. The van der Waals surface area contributed by atoms with Crippen LogP contribution in [0.5, 0.6) is 5.75 Å². The fourth-order valence-electron chi connectivity index (χ4n) is 2.02. The number of likely N-dealkylation sites (N-methyl/N-ethyl adjacent to an activating group) is 1. The first-order chi connectivity index (χ1) is 9.40. The molecule has 20 heavy (non-hydrogen) atoms. The van der Waals surface area contributed by atoms with Gasteiger partial charge in [0.1, 0.15) is 11.8 Å². The minimum atomic E-state index is -4.24. The lowest BCUT2D eigenvalue weighted by atomic mass is 10.1. The lowest BCUT2D eigenvalue weighted by Gasteiger charge is -2.11. The summed E-state index contributed by atoms with van der Waals surface area (Å²) < 4.78 is 41.1. The van der Waals surface area contributed by atoms with Crippen LogP contribution in [-0.2, 0) is 4.79 Å². The van der Waals surface area contributed by atoms with E-state index in [-0.39, 0.29) is 5.91 Å². The standard InChI is InChI=1S/C13H15F3N2O2/c1-2-17-11-9-4-3-8(7-10(9)18-12(11)19)20-6-5-13(14,15)16/h3-4,7,11,17H,2,5-6H2,1H3,(H,18,19). The Hall–Kier alpha value is -1.76. The van der Waals surface area contributed by atoms with Gasteiger partial charge in [-0.3, -0.25) is 4.79 Å². The second-order valence-electron chi connectivity index (χ2n) is 4.44. The predicted molar refractivity (Wildman–Crippen MR) is 67.7 cm³/mol. The molecule has 1 atom stereocenters. The van der Waals surface area contributed by atoms with Crippen LogP contribution in [-0.4, -0.2) is 25.2 Å². The van der Waals surface area contributed by atoms with Gasteiger partial charge < -0.3 is 15.4 Å². The average Bonchev–Trinajstić information content (AvgIpc) is 2.64. The highest BCUT2D eigenvalue weighted by Crippen LogP contribution is 2.33. The molecule has 1 aliphatic rings. The Labute approximate surface area is 114 Å². The van der Waals surface area contributed by atoms with Gasteiger partial charge in [-0.15, -0.1) is 0 Å². The molecule has 7 heteroatoms. The Morgan fingerprint density at radius 3 is 2.80 bits per heavy atom. The van der Waals surface area contributed by atoms with Crippen molar-refractivity contribution in [1.29, 1.82) is 0 Å². The van der Waals surface area contributed by atoms with Crippen molar-refractivity contribution >= 4 is 11.6 Å². The Morgan fingerprint density at radius 2 is 2.15 bits per heavy atom. The molecule has 1 aliphatic heterocycles. The molecule has 0 spiro atoms. The molecule has 0 radical (unpaired) electrons. The Morgan fingerprint density at radius 1 is 1.40 bits per heavy atom. The molecule has 1 aromatic carbocycles. The van der Waals surface area contributed by atoms with Gasteiger partial charge in [0.15, 0.2) is 0 Å². The van der Waals surface area contributed by atoms with Gasteiger partial charge in [0, 0.05) is 17.3 Å². The van der Waals surface area contributed by atoms with E-state index in [4.69, 9.17) is 4.74 Å². The van der Waals surface area contributed by atoms with E-state index in [0.717, 1.165) is 5.56 Å². The third-order valence-corrected chi connectivity index (χ3v) is 2.92. The Balaban J connectivity index is 2.03. The number of rotatable bonds is 5. The first-order valence-electron chi connectivity index (χ1n) is 6.28. The van der Waals surface area contributed by atoms with E-state index in [1.54, 1.807) is 18.2 Å². The van der Waals surface area contributed by atoms with Crippen molar-refractivity contribution in [2.24, 2.45) is 0 Å². The molecule has 110 valence electrons. The lowest BCUT2D eigenvalue weighted by Crippen LogP contribution is -2.27. The molecule has 1 aromatic rings. The van der Waals surface area contributed by atoms with Crippen LogP contribution in [0.3, 0.4) is 0 Å². The number of fused-ring (bicyclic) bond motifs is 1. The number of amides is 1. The summed E-state index contributed by atoms with van der Waals surface area (Å²) in [5, 5.41) is 5.71. The fraction of sp³-hybridized carbons (Fsp3) is 0.462. The van der Waals surface area contributed by atoms with Crippen molar-refractivity contribution in [3.63, 3.8) is 0 Å². The number of hydrogen-bond donors (Lipinski definition) is 2. The summed E-state index contributed by atoms with van der Waals surface area (Å²) in [6.07, 6.45) is -5.24. The van der Waals surface area contributed by atoms with Crippen molar-refractivity contribution < 1.29 is 22.7 Å². The van der Waals surface area contributed by atoms with E-state index in [1.165, 1.54) is 0 Å². The van der Waals surface area contributed by atoms with Gasteiger partial charge in [0.2, 0.25) is 5.91 Å². The van der Waals surface area contributed by atoms with Gasteiger partial charge in [-0.1, -0.05) is 13.0 Å². The third kappa shape index (κ3) is 3.41. The fourth-order valence-corrected chi connectivity index (χ4v) is 2.02. The van der Waals surface area contributed by atoms with E-state index in [1.807, 2.05) is 6.92 Å². The smallest absolute Gasteiger partial charge is 0.392 e. The van der Waals surface area contributed by atoms with E-state index in [0.29, 0.717) is 18.0 Å². The maximum Gasteiger partial charge on any atom is 0.392 e. The van der Waals surface area contributed by atoms with Gasteiger partial charge in [0.05, 0.1) is 13.0 Å². The summed E-state index contributed by atoms with van der Waals surface area (Å²) in [5.41, 5.74) is 1.35. The van der Waals surface area contributed by atoms with Crippen molar-refractivity contribution in [2.45, 2.75) is 25.6 Å². The monoisotopic (exact) mass is 288 g/mol. The Bertz CT molecular complexity index is 503. The van der Waals surface area contributed by atoms with Crippen molar-refractivity contribution in [3.8, 4) is 5.75 Å². The van der Waals surface area contributed by atoms with Crippen LogP contribution in [0.2, 0.25) is 0 Å². The van der Waals surface area contributed by atoms with Crippen LogP contribution < -0.4 is 15.4 Å². The summed E-state index contributed by atoms with van der Waals surface area (Å²) in [6, 6.07) is 4.38. The molecule has 1 heterocycles. The predicted octanol–water partition coefficient (Wildman–Crippen LogP) is 2.62. The van der Waals surface area contributed by atoms with E-state index in [9.17, 15) is 18.0 Å². The van der Waals surface area contributed by atoms with Gasteiger partial charge >= 0.3 is 6.18 Å². The molecule has 0 aromatic heterocycles. The zero-order valence-electron chi connectivity index (χ0n) is 10.9. The second kappa shape index (κ2) is 5.70. The zero-order chi connectivity index (χ0) is 14.8. The largest absolute Gasteiger partial charge is 0.493 e. The normalized spacial score (nSPS) is 17.8. The van der Waals surface area contributed by atoms with E-state index in [2.05, 4.69) is 10.6 Å². The molecule has 2 rings (SSSR count). The zero-order valence-corrected chi connectivity index (χ0v) is 10.9. The number of carbonyl (C=O) groups excluding carboxylic acids is 1. The minimum absolute atomic E-state index is 0.172.